The maximum Gasteiger partial charge on any atom is 0.171 e. The van der Waals surface area contributed by atoms with Crippen molar-refractivity contribution in [2.75, 3.05) is 0 Å². The minimum Gasteiger partial charge on any atom is -0.309 e. The standard InChI is InChI=1S/C51H34N3OP/c55-56(40-22-9-3-10-23-40,41-24-11-4-12-25-41)42-30-28-35(29-31-42)38-20-15-21-39(34-38)48-44-32-33-46-51(47(44)43-26-13-14-27-45(43)52-48)54-50(37-18-7-2-8-19-37)49(53-46)36-16-5-1-6-17-36/h1-34H. The number of para-hydroxylation sites is 1. The molecule has 2 heterocycles. The van der Waals surface area contributed by atoms with Gasteiger partial charge in [0, 0.05) is 48.8 Å². The normalized spacial score (nSPS) is 11.6. The molecule has 0 saturated heterocycles. The molecule has 10 aromatic rings. The van der Waals surface area contributed by atoms with Gasteiger partial charge in [0.05, 0.1) is 33.6 Å². The maximum absolute atomic E-state index is 15.0. The van der Waals surface area contributed by atoms with Gasteiger partial charge in [-0.05, 0) is 35.4 Å². The fourth-order valence-corrected chi connectivity index (χ4v) is 10.4. The van der Waals surface area contributed by atoms with Crippen molar-refractivity contribution >= 4 is 55.8 Å². The van der Waals surface area contributed by atoms with Gasteiger partial charge in [-0.3, -0.25) is 0 Å². The van der Waals surface area contributed by atoms with Crippen molar-refractivity contribution in [2.45, 2.75) is 0 Å². The van der Waals surface area contributed by atoms with Gasteiger partial charge in [-0.2, -0.15) is 0 Å². The smallest absolute Gasteiger partial charge is 0.171 e. The molecule has 0 bridgehead atoms. The molecule has 0 N–H and O–H groups in total. The number of hydrogen-bond acceptors (Lipinski definition) is 4. The van der Waals surface area contributed by atoms with Crippen LogP contribution in [-0.2, 0) is 4.57 Å². The Bertz CT molecular complexity index is 3040. The van der Waals surface area contributed by atoms with E-state index < -0.39 is 7.14 Å². The lowest BCUT2D eigenvalue weighted by Crippen LogP contribution is -2.24. The number of nitrogens with zero attached hydrogens (tertiary/aromatic N) is 3. The summed E-state index contributed by atoms with van der Waals surface area (Å²) in [6.07, 6.45) is 0. The van der Waals surface area contributed by atoms with Crippen LogP contribution in [0, 0.1) is 0 Å². The summed E-state index contributed by atoms with van der Waals surface area (Å²) in [5, 5.41) is 5.51. The van der Waals surface area contributed by atoms with Gasteiger partial charge in [0.15, 0.2) is 7.14 Å². The van der Waals surface area contributed by atoms with Crippen LogP contribution < -0.4 is 15.9 Å². The molecular formula is C51H34N3OP. The second-order valence-corrected chi connectivity index (χ2v) is 16.7. The molecule has 56 heavy (non-hydrogen) atoms. The molecule has 264 valence electrons. The van der Waals surface area contributed by atoms with Gasteiger partial charge >= 0.3 is 0 Å². The molecule has 2 aromatic heterocycles. The monoisotopic (exact) mass is 735 g/mol. The van der Waals surface area contributed by atoms with Crippen molar-refractivity contribution in [1.82, 2.24) is 15.0 Å². The summed E-state index contributed by atoms with van der Waals surface area (Å²) in [5.74, 6) is 0. The quantitative estimate of drug-likeness (QED) is 0.121. The van der Waals surface area contributed by atoms with Crippen LogP contribution in [0.2, 0.25) is 0 Å². The Morgan fingerprint density at radius 2 is 0.821 bits per heavy atom. The largest absolute Gasteiger partial charge is 0.309 e. The first kappa shape index (κ1) is 33.6. The highest BCUT2D eigenvalue weighted by atomic mass is 31.2. The van der Waals surface area contributed by atoms with Crippen LogP contribution in [0.4, 0.5) is 0 Å². The average molecular weight is 736 g/mol. The first-order valence-corrected chi connectivity index (χ1v) is 20.4. The minimum absolute atomic E-state index is 0.801. The molecule has 0 aliphatic heterocycles. The van der Waals surface area contributed by atoms with Gasteiger partial charge in [-0.15, -0.1) is 0 Å². The Morgan fingerprint density at radius 3 is 1.46 bits per heavy atom. The van der Waals surface area contributed by atoms with Crippen molar-refractivity contribution in [3.63, 3.8) is 0 Å². The molecule has 5 heteroatoms. The molecular weight excluding hydrogens is 702 g/mol. The van der Waals surface area contributed by atoms with E-state index in [0.717, 1.165) is 93.5 Å². The van der Waals surface area contributed by atoms with Gasteiger partial charge in [0.1, 0.15) is 0 Å². The zero-order valence-corrected chi connectivity index (χ0v) is 31.2. The summed E-state index contributed by atoms with van der Waals surface area (Å²) in [5.41, 5.74) is 10.3. The van der Waals surface area contributed by atoms with Crippen molar-refractivity contribution in [1.29, 1.82) is 0 Å². The van der Waals surface area contributed by atoms with Crippen molar-refractivity contribution in [2.24, 2.45) is 0 Å². The van der Waals surface area contributed by atoms with E-state index in [-0.39, 0.29) is 0 Å². The SMILES string of the molecule is O=P(c1ccccc1)(c1ccccc1)c1ccc(-c2cccc(-c3nc4ccccc4c4c3ccc3nc(-c5ccccc5)c(-c5ccccc5)nc34)c2)cc1. The van der Waals surface area contributed by atoms with Crippen LogP contribution in [0.1, 0.15) is 0 Å². The second-order valence-electron chi connectivity index (χ2n) is 13.9. The van der Waals surface area contributed by atoms with Gasteiger partial charge in [-0.25, -0.2) is 15.0 Å². The van der Waals surface area contributed by atoms with Gasteiger partial charge < -0.3 is 4.57 Å². The van der Waals surface area contributed by atoms with Crippen LogP contribution in [0.25, 0.3) is 77.6 Å². The predicted molar refractivity (Wildman–Crippen MR) is 233 cm³/mol. The number of pyridine rings is 1. The van der Waals surface area contributed by atoms with E-state index in [0.29, 0.717) is 0 Å². The molecule has 0 atom stereocenters. The molecule has 0 spiro atoms. The van der Waals surface area contributed by atoms with Crippen LogP contribution in [0.15, 0.2) is 206 Å². The van der Waals surface area contributed by atoms with E-state index in [1.807, 2.05) is 115 Å². The summed E-state index contributed by atoms with van der Waals surface area (Å²) >= 11 is 0. The van der Waals surface area contributed by atoms with Gasteiger partial charge in [0.2, 0.25) is 0 Å². The predicted octanol–water partition coefficient (Wildman–Crippen LogP) is 11.6. The van der Waals surface area contributed by atoms with Gasteiger partial charge in [-0.1, -0.05) is 182 Å². The Labute approximate surface area is 325 Å². The Morgan fingerprint density at radius 1 is 0.321 bits per heavy atom. The fraction of sp³-hybridized carbons (Fsp3) is 0. The van der Waals surface area contributed by atoms with E-state index in [1.165, 1.54) is 0 Å². The molecule has 0 saturated carbocycles. The number of fused-ring (bicyclic) bond motifs is 5. The minimum atomic E-state index is -3.08. The van der Waals surface area contributed by atoms with Gasteiger partial charge in [0.25, 0.3) is 0 Å². The highest BCUT2D eigenvalue weighted by molar-refractivity contribution is 7.85. The van der Waals surface area contributed by atoms with Crippen molar-refractivity contribution in [3.05, 3.63) is 206 Å². The Balaban J connectivity index is 1.13. The molecule has 0 aliphatic rings. The van der Waals surface area contributed by atoms with E-state index in [2.05, 4.69) is 91.0 Å². The lowest BCUT2D eigenvalue weighted by molar-refractivity contribution is 0.592. The lowest BCUT2D eigenvalue weighted by Gasteiger charge is -2.20. The van der Waals surface area contributed by atoms with Crippen LogP contribution >= 0.6 is 7.14 Å². The number of aromatic nitrogens is 3. The Kier molecular flexibility index (Phi) is 8.40. The maximum atomic E-state index is 15.0. The summed E-state index contributed by atoms with van der Waals surface area (Å²) in [6, 6.07) is 69.4. The molecule has 0 aliphatic carbocycles. The number of rotatable bonds is 7. The summed E-state index contributed by atoms with van der Waals surface area (Å²) in [6.45, 7) is 0. The van der Waals surface area contributed by atoms with E-state index in [1.54, 1.807) is 0 Å². The van der Waals surface area contributed by atoms with E-state index in [4.69, 9.17) is 15.0 Å². The van der Waals surface area contributed by atoms with E-state index >= 15 is 4.57 Å². The third kappa shape index (κ3) is 5.80. The molecule has 10 rings (SSSR count). The van der Waals surface area contributed by atoms with Crippen molar-refractivity contribution < 1.29 is 4.57 Å². The zero-order chi connectivity index (χ0) is 37.5. The van der Waals surface area contributed by atoms with E-state index in [9.17, 15) is 0 Å². The highest BCUT2D eigenvalue weighted by Crippen LogP contribution is 2.43. The molecule has 4 nitrogen and oxygen atoms in total. The molecule has 0 radical (unpaired) electrons. The van der Waals surface area contributed by atoms with Crippen LogP contribution in [0.3, 0.4) is 0 Å². The second kappa shape index (κ2) is 14.0. The fourth-order valence-electron chi connectivity index (χ4n) is 7.80. The first-order chi connectivity index (χ1) is 27.6. The molecule has 0 unspecified atom stereocenters. The molecule has 8 aromatic carbocycles. The molecule has 0 amide bonds. The number of hydrogen-bond donors (Lipinski definition) is 0. The summed E-state index contributed by atoms with van der Waals surface area (Å²) in [4.78, 5) is 16.0. The van der Waals surface area contributed by atoms with Crippen LogP contribution in [0.5, 0.6) is 0 Å². The Hall–Kier alpha value is -7.00. The molecule has 0 fully saturated rings. The average Bonchev–Trinajstić information content (AvgIpc) is 3.29. The third-order valence-corrected chi connectivity index (χ3v) is 13.6. The highest BCUT2D eigenvalue weighted by Gasteiger charge is 2.29. The third-order valence-electron chi connectivity index (χ3n) is 10.5. The van der Waals surface area contributed by atoms with Crippen molar-refractivity contribution in [3.8, 4) is 44.9 Å². The summed E-state index contributed by atoms with van der Waals surface area (Å²) in [7, 11) is -3.08. The lowest BCUT2D eigenvalue weighted by atomic mass is 9.96. The zero-order valence-electron chi connectivity index (χ0n) is 30.3. The first-order valence-electron chi connectivity index (χ1n) is 18.7. The summed E-state index contributed by atoms with van der Waals surface area (Å²) < 4.78 is 15.0. The topological polar surface area (TPSA) is 55.7 Å². The number of benzene rings is 8. The van der Waals surface area contributed by atoms with Crippen LogP contribution in [-0.4, -0.2) is 15.0 Å².